The SMILES string of the molecule is O=C(C1CCC1)N1CCC[C@@H](OCc2nc(-c3ccccc3)no2)C1. The van der Waals surface area contributed by atoms with E-state index >= 15 is 0 Å². The molecule has 0 radical (unpaired) electrons. The fourth-order valence-electron chi connectivity index (χ4n) is 3.39. The van der Waals surface area contributed by atoms with Crippen molar-refractivity contribution in [1.82, 2.24) is 15.0 Å². The molecule has 1 aromatic heterocycles. The van der Waals surface area contributed by atoms with E-state index in [2.05, 4.69) is 10.1 Å². The summed E-state index contributed by atoms with van der Waals surface area (Å²) in [6, 6.07) is 9.73. The van der Waals surface area contributed by atoms with E-state index in [1.54, 1.807) is 0 Å². The highest BCUT2D eigenvalue weighted by Crippen LogP contribution is 2.29. The van der Waals surface area contributed by atoms with Crippen molar-refractivity contribution in [3.63, 3.8) is 0 Å². The molecule has 6 nitrogen and oxygen atoms in total. The molecule has 0 N–H and O–H groups in total. The van der Waals surface area contributed by atoms with Crippen molar-refractivity contribution in [3.05, 3.63) is 36.2 Å². The predicted octanol–water partition coefficient (Wildman–Crippen LogP) is 3.04. The lowest BCUT2D eigenvalue weighted by atomic mass is 9.84. The van der Waals surface area contributed by atoms with Crippen LogP contribution in [-0.2, 0) is 16.1 Å². The van der Waals surface area contributed by atoms with Crippen molar-refractivity contribution >= 4 is 5.91 Å². The molecular weight excluding hydrogens is 318 g/mol. The Morgan fingerprint density at radius 3 is 2.80 bits per heavy atom. The Labute approximate surface area is 147 Å². The number of benzene rings is 1. The lowest BCUT2D eigenvalue weighted by Crippen LogP contribution is -2.46. The van der Waals surface area contributed by atoms with Gasteiger partial charge in [-0.15, -0.1) is 0 Å². The fraction of sp³-hybridized carbons (Fsp3) is 0.526. The molecule has 0 bridgehead atoms. The molecule has 4 rings (SSSR count). The molecule has 1 amide bonds. The van der Waals surface area contributed by atoms with Crippen LogP contribution in [0.1, 0.15) is 38.0 Å². The van der Waals surface area contributed by atoms with Crippen LogP contribution in [0.25, 0.3) is 11.4 Å². The summed E-state index contributed by atoms with van der Waals surface area (Å²) < 4.78 is 11.2. The van der Waals surface area contributed by atoms with Crippen molar-refractivity contribution in [2.45, 2.75) is 44.8 Å². The van der Waals surface area contributed by atoms with E-state index in [9.17, 15) is 4.79 Å². The standard InChI is InChI=1S/C19H23N3O3/c23-19(15-8-4-9-15)22-11-5-10-16(12-22)24-13-17-20-18(21-25-17)14-6-2-1-3-7-14/h1-3,6-7,15-16H,4-5,8-13H2/t16-/m1/s1. The third-order valence-electron chi connectivity index (χ3n) is 5.09. The van der Waals surface area contributed by atoms with E-state index in [0.717, 1.165) is 37.8 Å². The van der Waals surface area contributed by atoms with Gasteiger partial charge in [0.05, 0.1) is 6.10 Å². The Balaban J connectivity index is 1.30. The molecule has 1 aliphatic heterocycles. The van der Waals surface area contributed by atoms with Crippen LogP contribution >= 0.6 is 0 Å². The molecule has 1 aromatic carbocycles. The van der Waals surface area contributed by atoms with Gasteiger partial charge in [0.2, 0.25) is 11.7 Å². The Morgan fingerprint density at radius 2 is 2.04 bits per heavy atom. The Kier molecular flexibility index (Phi) is 4.78. The van der Waals surface area contributed by atoms with Crippen LogP contribution in [0, 0.1) is 5.92 Å². The van der Waals surface area contributed by atoms with Gasteiger partial charge in [-0.2, -0.15) is 4.98 Å². The summed E-state index contributed by atoms with van der Waals surface area (Å²) in [6.45, 7) is 1.82. The van der Waals surface area contributed by atoms with Crippen LogP contribution in [0.3, 0.4) is 0 Å². The average Bonchev–Trinajstić information content (AvgIpc) is 3.08. The molecule has 2 fully saturated rings. The van der Waals surface area contributed by atoms with Gasteiger partial charge in [-0.1, -0.05) is 41.9 Å². The number of hydrogen-bond acceptors (Lipinski definition) is 5. The number of ether oxygens (including phenoxy) is 1. The Morgan fingerprint density at radius 1 is 1.20 bits per heavy atom. The molecule has 1 saturated heterocycles. The maximum atomic E-state index is 12.4. The largest absolute Gasteiger partial charge is 0.367 e. The topological polar surface area (TPSA) is 68.5 Å². The first-order chi connectivity index (χ1) is 12.3. The quantitative estimate of drug-likeness (QED) is 0.836. The van der Waals surface area contributed by atoms with E-state index in [0.29, 0.717) is 24.2 Å². The minimum absolute atomic E-state index is 0.0462. The Hall–Kier alpha value is -2.21. The highest BCUT2D eigenvalue weighted by atomic mass is 16.5. The van der Waals surface area contributed by atoms with Gasteiger partial charge in [0, 0.05) is 24.6 Å². The van der Waals surface area contributed by atoms with Crippen LogP contribution in [0.5, 0.6) is 0 Å². The van der Waals surface area contributed by atoms with Gasteiger partial charge >= 0.3 is 0 Å². The molecule has 1 saturated carbocycles. The summed E-state index contributed by atoms with van der Waals surface area (Å²) in [4.78, 5) is 18.7. The Bertz CT molecular complexity index is 712. The van der Waals surface area contributed by atoms with E-state index in [-0.39, 0.29) is 18.6 Å². The number of carbonyl (C=O) groups excluding carboxylic acids is 1. The number of aromatic nitrogens is 2. The minimum Gasteiger partial charge on any atom is -0.367 e. The number of amides is 1. The van der Waals surface area contributed by atoms with Crippen LogP contribution < -0.4 is 0 Å². The zero-order chi connectivity index (χ0) is 17.1. The maximum absolute atomic E-state index is 12.4. The fourth-order valence-corrected chi connectivity index (χ4v) is 3.39. The maximum Gasteiger partial charge on any atom is 0.252 e. The second kappa shape index (κ2) is 7.35. The molecule has 2 aliphatic rings. The van der Waals surface area contributed by atoms with Gasteiger partial charge < -0.3 is 14.2 Å². The van der Waals surface area contributed by atoms with Crippen molar-refractivity contribution < 1.29 is 14.1 Å². The van der Waals surface area contributed by atoms with Gasteiger partial charge in [-0.05, 0) is 25.7 Å². The third kappa shape index (κ3) is 3.74. The zero-order valence-electron chi connectivity index (χ0n) is 14.3. The summed E-state index contributed by atoms with van der Waals surface area (Å²) in [6.07, 6.45) is 5.28. The zero-order valence-corrected chi connectivity index (χ0v) is 14.3. The van der Waals surface area contributed by atoms with Crippen molar-refractivity contribution in [3.8, 4) is 11.4 Å². The summed E-state index contributed by atoms with van der Waals surface area (Å²) in [5, 5.41) is 4.00. The van der Waals surface area contributed by atoms with Gasteiger partial charge in [-0.25, -0.2) is 0 Å². The lowest BCUT2D eigenvalue weighted by molar-refractivity contribution is -0.142. The van der Waals surface area contributed by atoms with Gasteiger partial charge in [-0.3, -0.25) is 4.79 Å². The normalized spacial score (nSPS) is 21.1. The summed E-state index contributed by atoms with van der Waals surface area (Å²) in [7, 11) is 0. The molecule has 132 valence electrons. The first-order valence-electron chi connectivity index (χ1n) is 9.08. The van der Waals surface area contributed by atoms with Crippen molar-refractivity contribution in [1.29, 1.82) is 0 Å². The predicted molar refractivity (Wildman–Crippen MR) is 91.5 cm³/mol. The lowest BCUT2D eigenvalue weighted by Gasteiger charge is -2.36. The number of likely N-dealkylation sites (tertiary alicyclic amines) is 1. The molecule has 6 heteroatoms. The van der Waals surface area contributed by atoms with Gasteiger partial charge in [0.15, 0.2) is 0 Å². The summed E-state index contributed by atoms with van der Waals surface area (Å²) in [5.41, 5.74) is 0.924. The molecule has 0 unspecified atom stereocenters. The molecule has 2 aromatic rings. The summed E-state index contributed by atoms with van der Waals surface area (Å²) in [5.74, 6) is 1.61. The number of piperidine rings is 1. The first-order valence-corrected chi connectivity index (χ1v) is 9.08. The third-order valence-corrected chi connectivity index (χ3v) is 5.09. The number of carbonyl (C=O) groups is 1. The van der Waals surface area contributed by atoms with Gasteiger partial charge in [0.25, 0.3) is 5.89 Å². The molecular formula is C19H23N3O3. The number of nitrogens with zero attached hydrogens (tertiary/aromatic N) is 3. The monoisotopic (exact) mass is 341 g/mol. The smallest absolute Gasteiger partial charge is 0.252 e. The highest BCUT2D eigenvalue weighted by Gasteiger charge is 2.32. The summed E-state index contributed by atoms with van der Waals surface area (Å²) >= 11 is 0. The van der Waals surface area contributed by atoms with Crippen molar-refractivity contribution in [2.75, 3.05) is 13.1 Å². The van der Waals surface area contributed by atoms with Crippen molar-refractivity contribution in [2.24, 2.45) is 5.92 Å². The minimum atomic E-state index is 0.0462. The van der Waals surface area contributed by atoms with Crippen LogP contribution in [0.4, 0.5) is 0 Å². The van der Waals surface area contributed by atoms with E-state index < -0.39 is 0 Å². The van der Waals surface area contributed by atoms with E-state index in [1.165, 1.54) is 6.42 Å². The second-order valence-corrected chi connectivity index (χ2v) is 6.87. The molecule has 2 heterocycles. The van der Waals surface area contributed by atoms with Crippen LogP contribution in [0.2, 0.25) is 0 Å². The van der Waals surface area contributed by atoms with Crippen LogP contribution in [0.15, 0.2) is 34.9 Å². The molecule has 0 spiro atoms. The average molecular weight is 341 g/mol. The van der Waals surface area contributed by atoms with Crippen LogP contribution in [-0.4, -0.2) is 40.1 Å². The van der Waals surface area contributed by atoms with E-state index in [4.69, 9.17) is 9.26 Å². The van der Waals surface area contributed by atoms with E-state index in [1.807, 2.05) is 35.2 Å². The highest BCUT2D eigenvalue weighted by molar-refractivity contribution is 5.79. The molecule has 1 atom stereocenters. The molecule has 1 aliphatic carbocycles. The molecule has 25 heavy (non-hydrogen) atoms. The number of hydrogen-bond donors (Lipinski definition) is 0. The second-order valence-electron chi connectivity index (χ2n) is 6.87. The van der Waals surface area contributed by atoms with Gasteiger partial charge in [0.1, 0.15) is 6.61 Å². The first kappa shape index (κ1) is 16.3. The number of rotatable bonds is 5.